The first kappa shape index (κ1) is 70.8. The smallest absolute Gasteiger partial charge is 0.872 e. The van der Waals surface area contributed by atoms with Gasteiger partial charge < -0.3 is 40.1 Å². The summed E-state index contributed by atoms with van der Waals surface area (Å²) in [6, 6.07) is 59.2. The SMILES string of the molecule is CC#N.CC#N.[O-]c1c2cccc1Cc1cccc(c1[O-])Cc1cccc(c1OCCN=Cc1ccccn1)Cc1cccc(c1[O-])C2.[O-]c1c2cccc1Cc1cccc(c1[O-])Cc1cccc(c1OCCN=Cc1ccccn1)Cc1cccc(c1[O-])C2.[Tb+3].[Tb+3]. The zero-order chi connectivity index (χ0) is 63.2. The van der Waals surface area contributed by atoms with E-state index in [9.17, 15) is 30.6 Å². The van der Waals surface area contributed by atoms with Gasteiger partial charge in [-0.3, -0.25) is 20.0 Å². The normalized spacial score (nSPS) is 11.8. The Bertz CT molecular complexity index is 3790. The predicted octanol–water partition coefficient (Wildman–Crippen LogP) is 10.0. The van der Waals surface area contributed by atoms with E-state index in [2.05, 4.69) is 20.0 Å². The van der Waals surface area contributed by atoms with E-state index < -0.39 is 0 Å². The quantitative estimate of drug-likeness (QED) is 0.0915. The standard InChI is InChI=1S/2C36H32N2O4.2C2H3N.2Tb/c2*39-33-24-7-3-8-25(33)20-27-10-5-12-29(35(27)41)22-31-14-6-13-30(21-28-11-4-9-26(19-24)34(28)40)36(31)42-18-17-37-23-32-15-1-2-16-38-32;2*1-2-3;;/h2*1-16,23,39-41H,17-22H2;2*1H3;;/q;;;;2*+3/p-6. The minimum Gasteiger partial charge on any atom is -0.872 e. The van der Waals surface area contributed by atoms with Crippen molar-refractivity contribution in [3.63, 3.8) is 0 Å². The summed E-state index contributed by atoms with van der Waals surface area (Å²) in [6.45, 7) is 4.35. The molecule has 2 heterocycles. The molecule has 0 N–H and O–H groups in total. The van der Waals surface area contributed by atoms with Crippen molar-refractivity contribution in [2.75, 3.05) is 26.3 Å². The van der Waals surface area contributed by atoms with Crippen LogP contribution in [0.4, 0.5) is 0 Å². The third-order valence-electron chi connectivity index (χ3n) is 15.2. The van der Waals surface area contributed by atoms with Crippen LogP contribution in [-0.4, -0.2) is 48.7 Å². The Labute approximate surface area is 598 Å². The van der Waals surface area contributed by atoms with Crippen LogP contribution in [0.25, 0.3) is 0 Å². The molecule has 16 bridgehead atoms. The number of benzene rings is 8. The van der Waals surface area contributed by atoms with Gasteiger partial charge in [0.25, 0.3) is 0 Å². The van der Waals surface area contributed by atoms with Gasteiger partial charge in [-0.25, -0.2) is 0 Å². The second kappa shape index (κ2) is 35.8. The van der Waals surface area contributed by atoms with E-state index in [0.29, 0.717) is 130 Å². The second-order valence-electron chi connectivity index (χ2n) is 21.4. The van der Waals surface area contributed by atoms with Crippen LogP contribution in [0.3, 0.4) is 0 Å². The first-order valence-corrected chi connectivity index (χ1v) is 29.5. The maximum atomic E-state index is 13.6. The average Bonchev–Trinajstić information content (AvgIpc) is 0.895. The summed E-state index contributed by atoms with van der Waals surface area (Å²) >= 11 is 0. The van der Waals surface area contributed by atoms with E-state index in [1.54, 1.807) is 85.5 Å². The van der Waals surface area contributed by atoms with Crippen LogP contribution >= 0.6 is 0 Å². The number of aliphatic imine (C=N–C) groups is 2. The van der Waals surface area contributed by atoms with Crippen molar-refractivity contribution < 1.29 is 117 Å². The van der Waals surface area contributed by atoms with Gasteiger partial charge in [-0.2, -0.15) is 10.5 Å². The topological polar surface area (TPSA) is 255 Å². The fraction of sp³-hybridized carbons (Fsp3) is 0.184. The van der Waals surface area contributed by atoms with Gasteiger partial charge in [0.1, 0.15) is 24.7 Å². The summed E-state index contributed by atoms with van der Waals surface area (Å²) in [5.74, 6) is 0.807. The third-order valence-corrected chi connectivity index (χ3v) is 15.2. The number of aromatic nitrogens is 2. The molecular weight excluding hydrogens is 1440 g/mol. The fourth-order valence-corrected chi connectivity index (χ4v) is 11.0. The molecule has 0 saturated heterocycles. The minimum absolute atomic E-state index is 0. The number of para-hydroxylation sites is 8. The number of hydrogen-bond acceptors (Lipinski definition) is 14. The van der Waals surface area contributed by atoms with Crippen LogP contribution in [-0.2, 0) is 51.4 Å². The molecule has 0 radical (unpaired) electrons. The molecule has 0 unspecified atom stereocenters. The molecule has 0 saturated carbocycles. The molecule has 92 heavy (non-hydrogen) atoms. The fourth-order valence-electron chi connectivity index (χ4n) is 11.0. The van der Waals surface area contributed by atoms with Crippen LogP contribution in [0, 0.1) is 99.9 Å². The zero-order valence-electron chi connectivity index (χ0n) is 50.7. The minimum atomic E-state index is -0.120. The molecule has 14 nitrogen and oxygen atoms in total. The van der Waals surface area contributed by atoms with Crippen molar-refractivity contribution >= 4 is 12.4 Å². The molecule has 0 aliphatic heterocycles. The first-order chi connectivity index (χ1) is 44.0. The molecule has 16 heteroatoms. The Kier molecular flexibility index (Phi) is 27.6. The molecule has 0 spiro atoms. The van der Waals surface area contributed by atoms with E-state index in [0.717, 1.165) is 33.6 Å². The van der Waals surface area contributed by atoms with Crippen LogP contribution in [0.2, 0.25) is 0 Å². The van der Waals surface area contributed by atoms with Gasteiger partial charge in [-0.05, 0) is 72.2 Å². The molecule has 2 aliphatic carbocycles. The first-order valence-electron chi connectivity index (χ1n) is 29.5. The van der Waals surface area contributed by atoms with E-state index in [1.807, 2.05) is 133 Å². The summed E-state index contributed by atoms with van der Waals surface area (Å²) in [7, 11) is 0. The summed E-state index contributed by atoms with van der Waals surface area (Å²) in [5.41, 5.74) is 12.0. The zero-order valence-corrected chi connectivity index (χ0v) is 55.0. The molecule has 10 aromatic rings. The van der Waals surface area contributed by atoms with Gasteiger partial charge in [-0.15, -0.1) is 34.5 Å². The van der Waals surface area contributed by atoms with Crippen LogP contribution in [0.15, 0.2) is 204 Å². The van der Waals surface area contributed by atoms with Gasteiger partial charge in [0.2, 0.25) is 0 Å². The number of rotatable bonds is 10. The number of hydrogen-bond donors (Lipinski definition) is 0. The second-order valence-corrected chi connectivity index (χ2v) is 21.4. The van der Waals surface area contributed by atoms with E-state index in [4.69, 9.17) is 20.0 Å². The molecule has 2 aromatic heterocycles. The van der Waals surface area contributed by atoms with Crippen molar-refractivity contribution in [1.29, 1.82) is 10.5 Å². The van der Waals surface area contributed by atoms with Crippen molar-refractivity contribution in [1.82, 2.24) is 9.97 Å². The number of nitriles is 2. The van der Waals surface area contributed by atoms with Crippen molar-refractivity contribution in [2.45, 2.75) is 65.2 Å². The Morgan fingerprint density at radius 1 is 0.337 bits per heavy atom. The summed E-state index contributed by atoms with van der Waals surface area (Å²) in [6.07, 6.45) is 9.27. The maximum absolute atomic E-state index is 13.6. The Hall–Kier alpha value is -8.65. The van der Waals surface area contributed by atoms with Crippen LogP contribution in [0.1, 0.15) is 114 Å². The molecule has 2 aliphatic rings. The van der Waals surface area contributed by atoms with E-state index in [1.165, 1.54) is 13.8 Å². The van der Waals surface area contributed by atoms with Crippen molar-refractivity contribution in [3.05, 3.63) is 295 Å². The maximum Gasteiger partial charge on any atom is 3.00 e. The largest absolute Gasteiger partial charge is 3.00 e. The summed E-state index contributed by atoms with van der Waals surface area (Å²) in [4.78, 5) is 17.4. The molecule has 464 valence electrons. The molecule has 12 rings (SSSR count). The molecular formula is C76H64N6O8Tb2. The van der Waals surface area contributed by atoms with Crippen LogP contribution < -0.4 is 40.1 Å². The van der Waals surface area contributed by atoms with Crippen molar-refractivity contribution in [2.24, 2.45) is 9.98 Å². The van der Waals surface area contributed by atoms with Gasteiger partial charge >= 0.3 is 77.2 Å². The number of fused-ring (bicyclic) bond motifs is 16. The summed E-state index contributed by atoms with van der Waals surface area (Å²) < 4.78 is 12.7. The Balaban J connectivity index is 0.000000236. The van der Waals surface area contributed by atoms with Gasteiger partial charge in [0, 0.05) is 64.4 Å². The van der Waals surface area contributed by atoms with Crippen LogP contribution in [0.5, 0.6) is 46.0 Å². The van der Waals surface area contributed by atoms with Gasteiger partial charge in [0.05, 0.1) is 36.6 Å². The molecule has 0 atom stereocenters. The number of nitrogens with zero attached hydrogens (tertiary/aromatic N) is 6. The molecule has 0 fully saturated rings. The van der Waals surface area contributed by atoms with E-state index in [-0.39, 0.29) is 137 Å². The Morgan fingerprint density at radius 3 is 0.728 bits per heavy atom. The van der Waals surface area contributed by atoms with Crippen molar-refractivity contribution in [3.8, 4) is 58.1 Å². The predicted molar refractivity (Wildman–Crippen MR) is 338 cm³/mol. The van der Waals surface area contributed by atoms with Gasteiger partial charge in [0.15, 0.2) is 0 Å². The average molecular weight is 1510 g/mol. The van der Waals surface area contributed by atoms with E-state index >= 15 is 0 Å². The summed E-state index contributed by atoms with van der Waals surface area (Å²) in [5, 5.41) is 95.6. The monoisotopic (exact) mass is 1510 g/mol. The number of pyridine rings is 2. The van der Waals surface area contributed by atoms with Gasteiger partial charge in [-0.1, -0.05) is 224 Å². The molecule has 0 amide bonds. The number of ether oxygens (including phenoxy) is 2. The Morgan fingerprint density at radius 2 is 0.533 bits per heavy atom. The third kappa shape index (κ3) is 18.8. The molecule has 8 aromatic carbocycles.